The summed E-state index contributed by atoms with van der Waals surface area (Å²) >= 11 is 0. The van der Waals surface area contributed by atoms with Crippen LogP contribution in [0.25, 0.3) is 6.08 Å². The van der Waals surface area contributed by atoms with Gasteiger partial charge in [-0.15, -0.1) is 0 Å². The van der Waals surface area contributed by atoms with Crippen LogP contribution in [0, 0.1) is 15.9 Å². The topological polar surface area (TPSA) is 55.2 Å². The fraction of sp³-hybridized carbons (Fsp3) is 0.273. The van der Waals surface area contributed by atoms with Gasteiger partial charge in [-0.2, -0.15) is 4.39 Å². The zero-order valence-electron chi connectivity index (χ0n) is 8.94. The third-order valence-corrected chi connectivity index (χ3v) is 2.04. The molecular weight excluding hydrogens is 211 g/mol. The molecule has 0 heterocycles. The average Bonchev–Trinajstić information content (AvgIpc) is 2.24. The van der Waals surface area contributed by atoms with E-state index in [9.17, 15) is 14.5 Å². The van der Waals surface area contributed by atoms with Gasteiger partial charge in [-0.3, -0.25) is 10.1 Å². The summed E-state index contributed by atoms with van der Waals surface area (Å²) in [7, 11) is 1.85. The molecule has 5 heteroatoms. The lowest BCUT2D eigenvalue weighted by molar-refractivity contribution is -0.387. The molecule has 0 aliphatic rings. The minimum Gasteiger partial charge on any atom is -0.319 e. The molecule has 0 fully saturated rings. The molecular formula is C11H13FN2O2. The molecule has 0 amide bonds. The Labute approximate surface area is 92.9 Å². The zero-order chi connectivity index (χ0) is 12.0. The second-order valence-electron chi connectivity index (χ2n) is 3.26. The molecule has 16 heavy (non-hydrogen) atoms. The van der Waals surface area contributed by atoms with Crippen molar-refractivity contribution in [1.29, 1.82) is 0 Å². The highest BCUT2D eigenvalue weighted by molar-refractivity contribution is 5.52. The fourth-order valence-corrected chi connectivity index (χ4v) is 1.22. The predicted octanol–water partition coefficient (Wildman–Crippen LogP) is 2.36. The Kier molecular flexibility index (Phi) is 4.60. The van der Waals surface area contributed by atoms with Gasteiger partial charge in [-0.25, -0.2) is 0 Å². The summed E-state index contributed by atoms with van der Waals surface area (Å²) in [6, 6.07) is 3.86. The van der Waals surface area contributed by atoms with E-state index in [-0.39, 0.29) is 0 Å². The molecule has 0 saturated carbocycles. The Morgan fingerprint density at radius 3 is 2.88 bits per heavy atom. The molecule has 0 aliphatic heterocycles. The van der Waals surface area contributed by atoms with Crippen LogP contribution in [0.2, 0.25) is 0 Å². The maximum Gasteiger partial charge on any atom is 0.304 e. The van der Waals surface area contributed by atoms with Crippen molar-refractivity contribution in [3.63, 3.8) is 0 Å². The number of halogens is 1. The van der Waals surface area contributed by atoms with Crippen molar-refractivity contribution in [2.75, 3.05) is 13.6 Å². The Bertz CT molecular complexity index is 405. The van der Waals surface area contributed by atoms with E-state index in [0.29, 0.717) is 5.56 Å². The second-order valence-corrected chi connectivity index (χ2v) is 3.26. The van der Waals surface area contributed by atoms with Crippen molar-refractivity contribution in [2.45, 2.75) is 6.42 Å². The molecule has 1 rings (SSSR count). The number of nitro groups is 1. The summed E-state index contributed by atoms with van der Waals surface area (Å²) in [5.74, 6) is -0.805. The standard InChI is InChI=1S/C11H13FN2O2/c1-13-7-3-2-4-9-5-6-11(14(15)16)10(12)8-9/h2,4-6,8,13H,3,7H2,1H3. The SMILES string of the molecule is CNCCC=Cc1ccc([N+](=O)[O-])c(F)c1. The number of nitro benzene ring substituents is 1. The molecule has 0 aromatic heterocycles. The van der Waals surface area contributed by atoms with E-state index in [4.69, 9.17) is 0 Å². The molecule has 4 nitrogen and oxygen atoms in total. The van der Waals surface area contributed by atoms with Crippen LogP contribution in [-0.2, 0) is 0 Å². The third-order valence-electron chi connectivity index (χ3n) is 2.04. The maximum atomic E-state index is 13.2. The van der Waals surface area contributed by atoms with Crippen molar-refractivity contribution < 1.29 is 9.31 Å². The minimum atomic E-state index is -0.805. The summed E-state index contributed by atoms with van der Waals surface area (Å²) in [4.78, 5) is 9.64. The first-order valence-electron chi connectivity index (χ1n) is 4.90. The van der Waals surface area contributed by atoms with Crippen LogP contribution in [0.5, 0.6) is 0 Å². The van der Waals surface area contributed by atoms with Gasteiger partial charge in [-0.05, 0) is 37.7 Å². The molecule has 0 radical (unpaired) electrons. The van der Waals surface area contributed by atoms with Crippen molar-refractivity contribution in [3.8, 4) is 0 Å². The largest absolute Gasteiger partial charge is 0.319 e. The lowest BCUT2D eigenvalue weighted by atomic mass is 10.1. The number of nitrogens with zero attached hydrogens (tertiary/aromatic N) is 1. The van der Waals surface area contributed by atoms with E-state index in [1.807, 2.05) is 13.1 Å². The van der Waals surface area contributed by atoms with Gasteiger partial charge in [0.1, 0.15) is 0 Å². The molecule has 0 spiro atoms. The van der Waals surface area contributed by atoms with E-state index in [1.54, 1.807) is 6.08 Å². The summed E-state index contributed by atoms with van der Waals surface area (Å²) in [5.41, 5.74) is 0.131. The van der Waals surface area contributed by atoms with Crippen LogP contribution >= 0.6 is 0 Å². The van der Waals surface area contributed by atoms with Crippen LogP contribution in [0.1, 0.15) is 12.0 Å². The van der Waals surface area contributed by atoms with E-state index in [1.165, 1.54) is 12.1 Å². The van der Waals surface area contributed by atoms with Crippen LogP contribution in [0.3, 0.4) is 0 Å². The molecule has 1 N–H and O–H groups in total. The lowest BCUT2D eigenvalue weighted by Gasteiger charge is -1.96. The number of hydrogen-bond acceptors (Lipinski definition) is 3. The Hall–Kier alpha value is -1.75. The predicted molar refractivity (Wildman–Crippen MR) is 60.6 cm³/mol. The summed E-state index contributed by atoms with van der Waals surface area (Å²) in [6.45, 7) is 0.839. The van der Waals surface area contributed by atoms with Gasteiger partial charge in [0.2, 0.25) is 5.82 Å². The van der Waals surface area contributed by atoms with Crippen LogP contribution in [-0.4, -0.2) is 18.5 Å². The molecule has 0 unspecified atom stereocenters. The van der Waals surface area contributed by atoms with Crippen LogP contribution in [0.15, 0.2) is 24.3 Å². The Morgan fingerprint density at radius 1 is 1.56 bits per heavy atom. The smallest absolute Gasteiger partial charge is 0.304 e. The molecule has 0 atom stereocenters. The second kappa shape index (κ2) is 5.97. The first-order chi connectivity index (χ1) is 7.65. The number of benzene rings is 1. The minimum absolute atomic E-state index is 0.493. The summed E-state index contributed by atoms with van der Waals surface area (Å²) in [6.07, 6.45) is 4.45. The van der Waals surface area contributed by atoms with Crippen molar-refractivity contribution in [1.82, 2.24) is 5.32 Å². The van der Waals surface area contributed by atoms with E-state index < -0.39 is 16.4 Å². The highest BCUT2D eigenvalue weighted by atomic mass is 19.1. The zero-order valence-corrected chi connectivity index (χ0v) is 8.94. The molecule has 0 aliphatic carbocycles. The first-order valence-corrected chi connectivity index (χ1v) is 4.90. The molecule has 86 valence electrons. The van der Waals surface area contributed by atoms with Gasteiger partial charge in [-0.1, -0.05) is 12.2 Å². The monoisotopic (exact) mass is 224 g/mol. The summed E-state index contributed by atoms with van der Waals surface area (Å²) in [5, 5.41) is 13.3. The third kappa shape index (κ3) is 3.43. The van der Waals surface area contributed by atoms with E-state index in [0.717, 1.165) is 19.0 Å². The van der Waals surface area contributed by atoms with Crippen LogP contribution < -0.4 is 5.32 Å². The summed E-state index contributed by atoms with van der Waals surface area (Å²) < 4.78 is 13.2. The van der Waals surface area contributed by atoms with Gasteiger partial charge in [0.05, 0.1) is 4.92 Å². The first kappa shape index (κ1) is 12.3. The van der Waals surface area contributed by atoms with Crippen LogP contribution in [0.4, 0.5) is 10.1 Å². The van der Waals surface area contributed by atoms with Crippen molar-refractivity contribution in [2.24, 2.45) is 0 Å². The van der Waals surface area contributed by atoms with E-state index >= 15 is 0 Å². The lowest BCUT2D eigenvalue weighted by Crippen LogP contribution is -2.05. The van der Waals surface area contributed by atoms with Gasteiger partial charge in [0.25, 0.3) is 0 Å². The van der Waals surface area contributed by atoms with Gasteiger partial charge in [0, 0.05) is 6.07 Å². The van der Waals surface area contributed by atoms with Crippen molar-refractivity contribution >= 4 is 11.8 Å². The Balaban J connectivity index is 2.73. The molecule has 1 aromatic carbocycles. The average molecular weight is 224 g/mol. The number of hydrogen-bond donors (Lipinski definition) is 1. The normalized spacial score (nSPS) is 10.9. The number of rotatable bonds is 5. The molecule has 0 bridgehead atoms. The quantitative estimate of drug-likeness (QED) is 0.474. The van der Waals surface area contributed by atoms with Crippen molar-refractivity contribution in [3.05, 3.63) is 45.8 Å². The highest BCUT2D eigenvalue weighted by Gasteiger charge is 2.12. The Morgan fingerprint density at radius 2 is 2.31 bits per heavy atom. The number of nitrogens with one attached hydrogen (secondary N) is 1. The molecule has 0 saturated heterocycles. The maximum absolute atomic E-state index is 13.2. The highest BCUT2D eigenvalue weighted by Crippen LogP contribution is 2.18. The molecule has 1 aromatic rings. The van der Waals surface area contributed by atoms with Gasteiger partial charge in [0.15, 0.2) is 0 Å². The van der Waals surface area contributed by atoms with Gasteiger partial charge < -0.3 is 5.32 Å². The van der Waals surface area contributed by atoms with Gasteiger partial charge >= 0.3 is 5.69 Å². The fourth-order valence-electron chi connectivity index (χ4n) is 1.22. The van der Waals surface area contributed by atoms with E-state index in [2.05, 4.69) is 5.32 Å².